The predicted molar refractivity (Wildman–Crippen MR) is 135 cm³/mol. The van der Waals surface area contributed by atoms with Crippen LogP contribution in [-0.2, 0) is 4.79 Å². The summed E-state index contributed by atoms with van der Waals surface area (Å²) in [6, 6.07) is 1.94. The van der Waals surface area contributed by atoms with Gasteiger partial charge in [-0.05, 0) is 45.1 Å². The SMILES string of the molecule is CCCCC12CCCC(F)CN1C(C(C(=O)NC1CNCC(Cl)C1N1CCC(C#N)C1)C(N)N)C2. The van der Waals surface area contributed by atoms with Gasteiger partial charge in [0.15, 0.2) is 0 Å². The largest absolute Gasteiger partial charge is 0.350 e. The number of piperidine rings is 1. The number of nitrogens with one attached hydrogen (secondary N) is 2. The molecule has 0 bridgehead atoms. The molecule has 4 heterocycles. The number of unbranched alkanes of at least 4 members (excludes halogenated alkanes) is 1. The van der Waals surface area contributed by atoms with E-state index in [2.05, 4.69) is 33.4 Å². The van der Waals surface area contributed by atoms with Gasteiger partial charge in [-0.2, -0.15) is 5.26 Å². The van der Waals surface area contributed by atoms with Gasteiger partial charge in [0.1, 0.15) is 6.17 Å². The van der Waals surface area contributed by atoms with Crippen molar-refractivity contribution in [2.24, 2.45) is 23.3 Å². The molecule has 8 nitrogen and oxygen atoms in total. The Morgan fingerprint density at radius 3 is 2.83 bits per heavy atom. The molecule has 0 aromatic heterocycles. The Morgan fingerprint density at radius 2 is 2.14 bits per heavy atom. The maximum Gasteiger partial charge on any atom is 0.227 e. The monoisotopic (exact) mass is 511 g/mol. The molecule has 6 N–H and O–H groups in total. The van der Waals surface area contributed by atoms with Gasteiger partial charge < -0.3 is 22.1 Å². The number of nitrogens with zero attached hydrogens (tertiary/aromatic N) is 3. The van der Waals surface area contributed by atoms with Crippen LogP contribution in [0, 0.1) is 23.2 Å². The third-order valence-electron chi connectivity index (χ3n) is 8.92. The van der Waals surface area contributed by atoms with Crippen molar-refractivity contribution >= 4 is 17.5 Å². The molecule has 10 heteroatoms. The van der Waals surface area contributed by atoms with E-state index in [1.807, 2.05) is 0 Å². The Morgan fingerprint density at radius 1 is 1.34 bits per heavy atom. The number of alkyl halides is 2. The van der Waals surface area contributed by atoms with Gasteiger partial charge in [-0.15, -0.1) is 11.6 Å². The highest BCUT2D eigenvalue weighted by atomic mass is 35.5. The summed E-state index contributed by atoms with van der Waals surface area (Å²) in [4.78, 5) is 18.2. The number of carbonyl (C=O) groups excluding carboxylic acids is 1. The van der Waals surface area contributed by atoms with E-state index in [-0.39, 0.29) is 40.9 Å². The lowest BCUT2D eigenvalue weighted by Crippen LogP contribution is -2.73. The highest BCUT2D eigenvalue weighted by Gasteiger charge is 2.57. The Kier molecular flexibility index (Phi) is 8.94. The van der Waals surface area contributed by atoms with Gasteiger partial charge in [-0.25, -0.2) is 4.39 Å². The second-order valence-electron chi connectivity index (χ2n) is 11.2. The molecule has 0 radical (unpaired) electrons. The highest BCUT2D eigenvalue weighted by Crippen LogP contribution is 2.49. The number of rotatable bonds is 8. The number of nitriles is 1. The van der Waals surface area contributed by atoms with Gasteiger partial charge in [-0.1, -0.05) is 19.8 Å². The first-order valence-corrected chi connectivity index (χ1v) is 13.9. The van der Waals surface area contributed by atoms with Crippen LogP contribution in [0.3, 0.4) is 0 Å². The average Bonchev–Trinajstić information content (AvgIpc) is 3.24. The van der Waals surface area contributed by atoms with Gasteiger partial charge in [0.2, 0.25) is 5.91 Å². The minimum Gasteiger partial charge on any atom is -0.350 e. The molecule has 8 atom stereocenters. The fraction of sp³-hybridized carbons (Fsp3) is 0.920. The molecule has 0 saturated carbocycles. The molecule has 0 aromatic carbocycles. The molecule has 4 aliphatic rings. The van der Waals surface area contributed by atoms with E-state index in [0.717, 1.165) is 51.5 Å². The predicted octanol–water partition coefficient (Wildman–Crippen LogP) is 1.28. The van der Waals surface area contributed by atoms with Crippen molar-refractivity contribution in [1.29, 1.82) is 5.26 Å². The Balaban J connectivity index is 1.49. The minimum atomic E-state index is -0.883. The molecule has 8 unspecified atom stereocenters. The fourth-order valence-corrected chi connectivity index (χ4v) is 7.57. The Bertz CT molecular complexity index is 777. The van der Waals surface area contributed by atoms with Crippen LogP contribution in [0.4, 0.5) is 4.39 Å². The number of fused-ring (bicyclic) bond motifs is 1. The van der Waals surface area contributed by atoms with Crippen molar-refractivity contribution in [3.8, 4) is 6.07 Å². The molecule has 4 rings (SSSR count). The van der Waals surface area contributed by atoms with Crippen LogP contribution in [0.2, 0.25) is 0 Å². The van der Waals surface area contributed by atoms with Crippen molar-refractivity contribution < 1.29 is 9.18 Å². The zero-order valence-electron chi connectivity index (χ0n) is 21.0. The lowest BCUT2D eigenvalue weighted by atomic mass is 9.68. The summed E-state index contributed by atoms with van der Waals surface area (Å²) in [5, 5.41) is 15.7. The average molecular weight is 512 g/mol. The van der Waals surface area contributed by atoms with E-state index in [4.69, 9.17) is 23.1 Å². The molecule has 1 amide bonds. The molecule has 0 aliphatic carbocycles. The highest BCUT2D eigenvalue weighted by molar-refractivity contribution is 6.21. The fourth-order valence-electron chi connectivity index (χ4n) is 7.12. The molecule has 0 spiro atoms. The van der Waals surface area contributed by atoms with Gasteiger partial charge in [0.25, 0.3) is 0 Å². The van der Waals surface area contributed by atoms with Crippen molar-refractivity contribution in [2.75, 3.05) is 32.7 Å². The molecule has 198 valence electrons. The van der Waals surface area contributed by atoms with E-state index in [0.29, 0.717) is 32.6 Å². The van der Waals surface area contributed by atoms with Crippen LogP contribution < -0.4 is 22.1 Å². The normalized spacial score (nSPS) is 39.3. The summed E-state index contributed by atoms with van der Waals surface area (Å²) < 4.78 is 14.7. The molecule has 4 fully saturated rings. The standard InChI is InChI=1S/C25H43ClFN7O/c1-2-3-7-25-8-4-5-17(27)15-34(25)20(10-25)21(23(29)30)24(35)32-19-13-31-12-18(26)22(19)33-9-6-16(11-28)14-33/h16-23,31H,2-10,12-15,29-30H2,1H3,(H,32,35). The quantitative estimate of drug-likeness (QED) is 0.286. The summed E-state index contributed by atoms with van der Waals surface area (Å²) in [7, 11) is 0. The number of nitrogens with two attached hydrogens (primary N) is 2. The van der Waals surface area contributed by atoms with Crippen molar-refractivity contribution in [2.45, 2.75) is 99.7 Å². The molecule has 4 aliphatic heterocycles. The number of amides is 1. The molecule has 4 saturated heterocycles. The lowest BCUT2D eigenvalue weighted by molar-refractivity contribution is -0.146. The zero-order chi connectivity index (χ0) is 25.2. The smallest absolute Gasteiger partial charge is 0.227 e. The first-order chi connectivity index (χ1) is 16.8. The van der Waals surface area contributed by atoms with Crippen LogP contribution in [-0.4, -0.2) is 89.8 Å². The first kappa shape index (κ1) is 27.0. The number of halogens is 2. The van der Waals surface area contributed by atoms with Gasteiger partial charge in [0, 0.05) is 43.8 Å². The third-order valence-corrected chi connectivity index (χ3v) is 9.33. The Labute approximate surface area is 214 Å². The number of likely N-dealkylation sites (tertiary alicyclic amines) is 1. The molecule has 35 heavy (non-hydrogen) atoms. The van der Waals surface area contributed by atoms with Crippen LogP contribution in [0.15, 0.2) is 0 Å². The molecular formula is C25H43ClFN7O. The third kappa shape index (κ3) is 5.63. The second kappa shape index (κ2) is 11.6. The van der Waals surface area contributed by atoms with E-state index in [1.165, 1.54) is 0 Å². The van der Waals surface area contributed by atoms with Crippen LogP contribution in [0.1, 0.15) is 58.3 Å². The maximum absolute atomic E-state index is 14.7. The number of carbonyl (C=O) groups is 1. The topological polar surface area (TPSA) is 123 Å². The summed E-state index contributed by atoms with van der Waals surface area (Å²) in [6.07, 6.45) is 5.59. The van der Waals surface area contributed by atoms with Gasteiger partial charge in [0.05, 0.1) is 35.5 Å². The minimum absolute atomic E-state index is 0.00165. The van der Waals surface area contributed by atoms with Crippen molar-refractivity contribution in [3.63, 3.8) is 0 Å². The summed E-state index contributed by atoms with van der Waals surface area (Å²) in [5.41, 5.74) is 12.4. The summed E-state index contributed by atoms with van der Waals surface area (Å²) in [5.74, 6) is -0.789. The molecule has 0 aromatic rings. The van der Waals surface area contributed by atoms with Crippen LogP contribution in [0.5, 0.6) is 0 Å². The van der Waals surface area contributed by atoms with E-state index in [1.54, 1.807) is 0 Å². The van der Waals surface area contributed by atoms with Crippen molar-refractivity contribution in [1.82, 2.24) is 20.4 Å². The second-order valence-corrected chi connectivity index (χ2v) is 11.8. The van der Waals surface area contributed by atoms with Gasteiger partial charge in [-0.3, -0.25) is 14.6 Å². The first-order valence-electron chi connectivity index (χ1n) is 13.5. The molecular weight excluding hydrogens is 469 g/mol. The van der Waals surface area contributed by atoms with Crippen molar-refractivity contribution in [3.05, 3.63) is 0 Å². The number of hydrogen-bond donors (Lipinski definition) is 4. The van der Waals surface area contributed by atoms with Crippen LogP contribution >= 0.6 is 11.6 Å². The van der Waals surface area contributed by atoms with E-state index < -0.39 is 18.3 Å². The van der Waals surface area contributed by atoms with Crippen LogP contribution in [0.25, 0.3) is 0 Å². The summed E-state index contributed by atoms with van der Waals surface area (Å²) in [6.45, 7) is 5.25. The lowest BCUT2D eigenvalue weighted by Gasteiger charge is -2.61. The van der Waals surface area contributed by atoms with Gasteiger partial charge >= 0.3 is 0 Å². The van der Waals surface area contributed by atoms with E-state index >= 15 is 0 Å². The Hall–Kier alpha value is -1.02. The zero-order valence-corrected chi connectivity index (χ0v) is 21.7. The summed E-state index contributed by atoms with van der Waals surface area (Å²) >= 11 is 6.73. The van der Waals surface area contributed by atoms with E-state index in [9.17, 15) is 14.4 Å². The maximum atomic E-state index is 14.7. The number of hydrogen-bond acceptors (Lipinski definition) is 7.